The van der Waals surface area contributed by atoms with Crippen molar-refractivity contribution < 1.29 is 26.0 Å². The Kier molecular flexibility index (Phi) is 6.16. The first-order valence-corrected chi connectivity index (χ1v) is 10.7. The van der Waals surface area contributed by atoms with Gasteiger partial charge >= 0.3 is 0 Å². The number of rotatable bonds is 4. The summed E-state index contributed by atoms with van der Waals surface area (Å²) in [5.41, 5.74) is 4.63. The molecule has 0 saturated carbocycles. The van der Waals surface area contributed by atoms with E-state index in [1.165, 1.54) is 15.8 Å². The number of benzene rings is 3. The minimum atomic E-state index is -0.00748. The topological polar surface area (TPSA) is 34.1 Å². The zero-order valence-corrected chi connectivity index (χ0v) is 19.3. The number of thiazole rings is 1. The van der Waals surface area contributed by atoms with E-state index in [1.54, 1.807) is 17.6 Å². The van der Waals surface area contributed by atoms with Crippen molar-refractivity contribution in [2.45, 2.75) is 13.5 Å². The fourth-order valence-corrected chi connectivity index (χ4v) is 4.71. The van der Waals surface area contributed by atoms with Crippen molar-refractivity contribution in [2.75, 3.05) is 0 Å². The number of hydrogen-bond donors (Lipinski definition) is 0. The van der Waals surface area contributed by atoms with E-state index < -0.39 is 0 Å². The fourth-order valence-electron chi connectivity index (χ4n) is 3.64. The van der Waals surface area contributed by atoms with E-state index in [-0.39, 0.29) is 22.4 Å². The van der Waals surface area contributed by atoms with Crippen molar-refractivity contribution >= 4 is 44.7 Å². The molecule has 5 rings (SSSR count). The van der Waals surface area contributed by atoms with Crippen molar-refractivity contribution in [2.24, 2.45) is 0 Å². The van der Waals surface area contributed by atoms with Gasteiger partial charge in [0.15, 0.2) is 12.0 Å². The van der Waals surface area contributed by atoms with Gasteiger partial charge in [-0.25, -0.2) is 0 Å². The molecular weight excluding hydrogens is 470 g/mol. The van der Waals surface area contributed by atoms with Crippen molar-refractivity contribution in [3.63, 3.8) is 0 Å². The Labute approximate surface area is 194 Å². The fraction of sp³-hybridized carbons (Fsp3) is 0.0769. The first-order chi connectivity index (χ1) is 14.7. The summed E-state index contributed by atoms with van der Waals surface area (Å²) in [6.45, 7) is 2.75. The lowest BCUT2D eigenvalue weighted by molar-refractivity contribution is -0.659. The van der Waals surface area contributed by atoms with Crippen LogP contribution in [0.5, 0.6) is 0 Å². The molecule has 3 aromatic carbocycles. The van der Waals surface area contributed by atoms with Crippen molar-refractivity contribution in [1.82, 2.24) is 0 Å². The molecule has 3 nitrogen and oxygen atoms in total. The molecule has 5 aromatic rings. The summed E-state index contributed by atoms with van der Waals surface area (Å²) in [5.74, 6) is 0. The number of fused-ring (bicyclic) bond motifs is 2. The third-order valence-corrected chi connectivity index (χ3v) is 6.31. The van der Waals surface area contributed by atoms with E-state index in [1.807, 2.05) is 43.3 Å². The van der Waals surface area contributed by atoms with Gasteiger partial charge in [-0.15, -0.1) is 0 Å². The molecule has 0 aliphatic carbocycles. The van der Waals surface area contributed by atoms with E-state index in [9.17, 15) is 4.79 Å². The first-order valence-electron chi connectivity index (χ1n) is 9.84. The Hall–Kier alpha value is -3.02. The van der Waals surface area contributed by atoms with Gasteiger partial charge in [-0.2, -0.15) is 4.57 Å². The van der Waals surface area contributed by atoms with Crippen molar-refractivity contribution in [1.29, 1.82) is 0 Å². The number of nitrogens with zero attached hydrogens (tertiary/aromatic N) is 1. The van der Waals surface area contributed by atoms with Gasteiger partial charge in [0.05, 0.1) is 10.9 Å². The normalized spacial score (nSPS) is 11.3. The molecule has 2 aromatic heterocycles. The highest BCUT2D eigenvalue weighted by atomic mass is 79.9. The SMILES string of the molecule is Cc1ccc2occ(/C=C/c3sc4ccccc4[n+]3Cc3ccccc3)c(=O)c2c1.[Br-]. The molecule has 0 N–H and O–H groups in total. The highest BCUT2D eigenvalue weighted by molar-refractivity contribution is 7.18. The highest BCUT2D eigenvalue weighted by Crippen LogP contribution is 2.23. The molecule has 0 atom stereocenters. The van der Waals surface area contributed by atoms with Gasteiger partial charge in [0.25, 0.3) is 5.01 Å². The molecule has 31 heavy (non-hydrogen) atoms. The van der Waals surface area contributed by atoms with Crippen LogP contribution < -0.4 is 27.0 Å². The predicted octanol–water partition coefficient (Wildman–Crippen LogP) is 2.83. The average molecular weight is 490 g/mol. The second-order valence-electron chi connectivity index (χ2n) is 7.33. The quantitative estimate of drug-likeness (QED) is 0.363. The average Bonchev–Trinajstić information content (AvgIpc) is 3.12. The summed E-state index contributed by atoms with van der Waals surface area (Å²) in [4.78, 5) is 12.9. The van der Waals surface area contributed by atoms with Crippen LogP contribution in [0.4, 0.5) is 0 Å². The highest BCUT2D eigenvalue weighted by Gasteiger charge is 2.18. The third-order valence-electron chi connectivity index (χ3n) is 5.18. The van der Waals surface area contributed by atoms with Crippen LogP contribution in [0.25, 0.3) is 33.3 Å². The Morgan fingerprint density at radius 3 is 2.58 bits per heavy atom. The number of aryl methyl sites for hydroxylation is 1. The van der Waals surface area contributed by atoms with Gasteiger partial charge in [0.1, 0.15) is 16.5 Å². The smallest absolute Gasteiger partial charge is 0.263 e. The molecule has 0 unspecified atom stereocenters. The van der Waals surface area contributed by atoms with Crippen LogP contribution in [0.3, 0.4) is 0 Å². The maximum atomic E-state index is 12.9. The lowest BCUT2D eigenvalue weighted by atomic mass is 10.1. The molecule has 0 spiro atoms. The minimum absolute atomic E-state index is 0. The number of halogens is 1. The van der Waals surface area contributed by atoms with Gasteiger partial charge in [0.2, 0.25) is 5.52 Å². The Morgan fingerprint density at radius 1 is 0.968 bits per heavy atom. The second-order valence-corrected chi connectivity index (χ2v) is 8.40. The van der Waals surface area contributed by atoms with E-state index >= 15 is 0 Å². The van der Waals surface area contributed by atoms with Gasteiger partial charge < -0.3 is 21.4 Å². The Bertz CT molecular complexity index is 1450. The van der Waals surface area contributed by atoms with Crippen LogP contribution in [-0.2, 0) is 6.54 Å². The first kappa shape index (κ1) is 21.2. The van der Waals surface area contributed by atoms with Gasteiger partial charge in [0, 0.05) is 17.7 Å². The zero-order chi connectivity index (χ0) is 20.5. The summed E-state index contributed by atoms with van der Waals surface area (Å²) >= 11 is 1.72. The number of para-hydroxylation sites is 1. The molecule has 154 valence electrons. The monoisotopic (exact) mass is 489 g/mol. The lowest BCUT2D eigenvalue weighted by Gasteiger charge is -2.00. The van der Waals surface area contributed by atoms with Crippen molar-refractivity contribution in [3.05, 3.63) is 111 Å². The lowest BCUT2D eigenvalue weighted by Crippen LogP contribution is -3.00. The van der Waals surface area contributed by atoms with E-state index in [4.69, 9.17) is 4.42 Å². The largest absolute Gasteiger partial charge is 1.00 e. The Morgan fingerprint density at radius 2 is 1.74 bits per heavy atom. The summed E-state index contributed by atoms with van der Waals surface area (Å²) in [6.07, 6.45) is 5.42. The summed E-state index contributed by atoms with van der Waals surface area (Å²) in [7, 11) is 0. The molecule has 0 saturated heterocycles. The Balaban J connectivity index is 0.00000231. The predicted molar refractivity (Wildman–Crippen MR) is 124 cm³/mol. The van der Waals surface area contributed by atoms with E-state index in [0.717, 1.165) is 17.1 Å². The van der Waals surface area contributed by atoms with Gasteiger partial charge in [-0.1, -0.05) is 65.4 Å². The number of aromatic nitrogens is 1. The van der Waals surface area contributed by atoms with Gasteiger partial charge in [-0.3, -0.25) is 4.79 Å². The van der Waals surface area contributed by atoms with E-state index in [0.29, 0.717) is 16.5 Å². The third kappa shape index (κ3) is 4.24. The zero-order valence-electron chi connectivity index (χ0n) is 16.9. The molecule has 0 amide bonds. The molecule has 0 bridgehead atoms. The maximum absolute atomic E-state index is 12.9. The molecule has 0 aliphatic heterocycles. The molecule has 0 radical (unpaired) electrons. The molecule has 5 heteroatoms. The van der Waals surface area contributed by atoms with Crippen LogP contribution in [0.1, 0.15) is 21.7 Å². The summed E-state index contributed by atoms with van der Waals surface area (Å²) in [5, 5.41) is 1.70. The maximum Gasteiger partial charge on any atom is 0.263 e. The van der Waals surface area contributed by atoms with Crippen LogP contribution in [0.2, 0.25) is 0 Å². The molecule has 2 heterocycles. The minimum Gasteiger partial charge on any atom is -1.00 e. The number of hydrogen-bond acceptors (Lipinski definition) is 3. The van der Waals surface area contributed by atoms with Crippen LogP contribution >= 0.6 is 11.3 Å². The van der Waals surface area contributed by atoms with E-state index in [2.05, 4.69) is 53.1 Å². The molecule has 0 fully saturated rings. The van der Waals surface area contributed by atoms with Crippen LogP contribution in [0, 0.1) is 6.92 Å². The summed E-state index contributed by atoms with van der Waals surface area (Å²) < 4.78 is 9.20. The molecule has 0 aliphatic rings. The van der Waals surface area contributed by atoms with Crippen molar-refractivity contribution in [3.8, 4) is 0 Å². The summed E-state index contributed by atoms with van der Waals surface area (Å²) in [6, 6.07) is 24.5. The second kappa shape index (κ2) is 9.00. The van der Waals surface area contributed by atoms with Crippen LogP contribution in [-0.4, -0.2) is 0 Å². The van der Waals surface area contributed by atoms with Crippen LogP contribution in [0.15, 0.2) is 88.3 Å². The standard InChI is InChI=1S/C26H20NO2S.BrH/c1-18-11-13-23-21(15-18)26(28)20(17-29-23)12-14-25-27(16-19-7-3-2-4-8-19)22-9-5-6-10-24(22)30-25;/h2-15,17H,16H2,1H3;1H/q+1;/p-1/b14-12+;. The molecular formula is C26H20BrNO2S. The van der Waals surface area contributed by atoms with Gasteiger partial charge in [-0.05, 0) is 31.2 Å².